The molecule has 0 amide bonds. The molecule has 106 valence electrons. The third-order valence-electron chi connectivity index (χ3n) is 4.36. The van der Waals surface area contributed by atoms with Crippen LogP contribution in [0.5, 0.6) is 0 Å². The van der Waals surface area contributed by atoms with Gasteiger partial charge in [-0.1, -0.05) is 57.5 Å². The van der Waals surface area contributed by atoms with Crippen LogP contribution < -0.4 is 0 Å². The second-order valence-corrected chi connectivity index (χ2v) is 6.32. The van der Waals surface area contributed by atoms with Crippen LogP contribution in [0.3, 0.4) is 0 Å². The van der Waals surface area contributed by atoms with E-state index in [1.165, 1.54) is 57.8 Å². The Morgan fingerprint density at radius 3 is 2.17 bits per heavy atom. The average molecular weight is 253 g/mol. The fourth-order valence-electron chi connectivity index (χ4n) is 3.12. The van der Waals surface area contributed by atoms with Gasteiger partial charge in [0.25, 0.3) is 0 Å². The van der Waals surface area contributed by atoms with Gasteiger partial charge in [0.2, 0.25) is 0 Å². The molecule has 2 nitrogen and oxygen atoms in total. The van der Waals surface area contributed by atoms with Crippen molar-refractivity contribution in [2.75, 3.05) is 14.1 Å². The first kappa shape index (κ1) is 15.7. The summed E-state index contributed by atoms with van der Waals surface area (Å²) in [4.78, 5) is 0. The van der Waals surface area contributed by atoms with Crippen molar-refractivity contribution in [3.8, 4) is 0 Å². The fourth-order valence-corrected chi connectivity index (χ4v) is 3.12. The lowest BCUT2D eigenvalue weighted by Crippen LogP contribution is -2.43. The SMILES string of the molecule is CCCCCCC1C(CCCCC)C=N[N+]1(C)C. The predicted molar refractivity (Wildman–Crippen MR) is 80.8 cm³/mol. The van der Waals surface area contributed by atoms with Gasteiger partial charge in [0.05, 0.1) is 26.2 Å². The minimum absolute atomic E-state index is 0.730. The van der Waals surface area contributed by atoms with Gasteiger partial charge in [-0.25, -0.2) is 0 Å². The fraction of sp³-hybridized carbons (Fsp3) is 0.938. The summed E-state index contributed by atoms with van der Waals surface area (Å²) in [5.74, 6) is 0.730. The van der Waals surface area contributed by atoms with E-state index in [2.05, 4.69) is 34.2 Å². The van der Waals surface area contributed by atoms with E-state index in [1.807, 2.05) is 0 Å². The van der Waals surface area contributed by atoms with Gasteiger partial charge < -0.3 is 0 Å². The van der Waals surface area contributed by atoms with Crippen molar-refractivity contribution < 1.29 is 4.59 Å². The third kappa shape index (κ3) is 4.72. The Balaban J connectivity index is 2.37. The van der Waals surface area contributed by atoms with Crippen LogP contribution in [-0.4, -0.2) is 30.9 Å². The summed E-state index contributed by atoms with van der Waals surface area (Å²) in [5, 5.41) is 4.72. The molecule has 1 heterocycles. The highest BCUT2D eigenvalue weighted by Crippen LogP contribution is 2.30. The molecule has 1 rings (SSSR count). The van der Waals surface area contributed by atoms with E-state index in [0.717, 1.165) is 16.6 Å². The average Bonchev–Trinajstić information content (AvgIpc) is 2.61. The van der Waals surface area contributed by atoms with Crippen LogP contribution in [-0.2, 0) is 0 Å². The molecule has 0 spiro atoms. The first-order chi connectivity index (χ1) is 8.61. The van der Waals surface area contributed by atoms with Crippen molar-refractivity contribution in [1.29, 1.82) is 0 Å². The van der Waals surface area contributed by atoms with Crippen molar-refractivity contribution in [2.45, 2.75) is 77.7 Å². The highest BCUT2D eigenvalue weighted by atomic mass is 15.6. The Morgan fingerprint density at radius 1 is 0.889 bits per heavy atom. The Labute approximate surface area is 114 Å². The van der Waals surface area contributed by atoms with Gasteiger partial charge >= 0.3 is 0 Å². The highest BCUT2D eigenvalue weighted by Gasteiger charge is 2.39. The summed E-state index contributed by atoms with van der Waals surface area (Å²) in [7, 11) is 4.53. The number of hydrogen-bond donors (Lipinski definition) is 0. The van der Waals surface area contributed by atoms with Crippen molar-refractivity contribution in [3.63, 3.8) is 0 Å². The number of quaternary nitrogens is 1. The van der Waals surface area contributed by atoms with Crippen molar-refractivity contribution in [3.05, 3.63) is 0 Å². The zero-order chi connectivity index (χ0) is 13.4. The molecule has 18 heavy (non-hydrogen) atoms. The molecular formula is C16H33N2+. The van der Waals surface area contributed by atoms with E-state index in [4.69, 9.17) is 5.10 Å². The van der Waals surface area contributed by atoms with E-state index in [1.54, 1.807) is 0 Å². The van der Waals surface area contributed by atoms with Crippen LogP contribution in [0.15, 0.2) is 5.10 Å². The maximum Gasteiger partial charge on any atom is 0.121 e. The Hall–Kier alpha value is -0.370. The molecule has 0 aromatic heterocycles. The number of hydrogen-bond acceptors (Lipinski definition) is 1. The molecule has 0 fully saturated rings. The molecule has 1 aliphatic rings. The lowest BCUT2D eigenvalue weighted by Gasteiger charge is -2.30. The van der Waals surface area contributed by atoms with Crippen LogP contribution in [0.4, 0.5) is 0 Å². The number of unbranched alkanes of at least 4 members (excludes halogenated alkanes) is 5. The van der Waals surface area contributed by atoms with Crippen LogP contribution in [0.2, 0.25) is 0 Å². The van der Waals surface area contributed by atoms with Gasteiger partial charge in [0.1, 0.15) is 6.04 Å². The molecule has 2 heteroatoms. The Morgan fingerprint density at radius 2 is 1.50 bits per heavy atom. The molecule has 2 unspecified atom stereocenters. The molecule has 1 aliphatic heterocycles. The van der Waals surface area contributed by atoms with E-state index in [0.29, 0.717) is 0 Å². The molecule has 0 saturated carbocycles. The maximum absolute atomic E-state index is 4.72. The van der Waals surface area contributed by atoms with E-state index >= 15 is 0 Å². The van der Waals surface area contributed by atoms with E-state index < -0.39 is 0 Å². The standard InChI is InChI=1S/C16H33N2/c1-5-7-9-11-13-16-15(12-10-8-6-2)14-17-18(16,3)4/h14-16H,5-13H2,1-4H3/q+1. The van der Waals surface area contributed by atoms with Crippen LogP contribution in [0.25, 0.3) is 0 Å². The Kier molecular flexibility index (Phi) is 6.91. The van der Waals surface area contributed by atoms with Crippen LogP contribution in [0, 0.1) is 5.92 Å². The summed E-state index contributed by atoms with van der Waals surface area (Å²) < 4.78 is 0.864. The summed E-state index contributed by atoms with van der Waals surface area (Å²) >= 11 is 0. The summed E-state index contributed by atoms with van der Waals surface area (Å²) in [6.07, 6.45) is 14.5. The summed E-state index contributed by atoms with van der Waals surface area (Å²) in [5.41, 5.74) is 0. The number of rotatable bonds is 9. The minimum atomic E-state index is 0.730. The Bertz CT molecular complexity index is 245. The van der Waals surface area contributed by atoms with Gasteiger partial charge in [0.15, 0.2) is 0 Å². The molecule has 0 radical (unpaired) electrons. The molecule has 2 atom stereocenters. The van der Waals surface area contributed by atoms with Crippen LogP contribution >= 0.6 is 0 Å². The lowest BCUT2D eigenvalue weighted by molar-refractivity contribution is -0.918. The normalized spacial score (nSPS) is 25.8. The molecular weight excluding hydrogens is 220 g/mol. The first-order valence-electron chi connectivity index (χ1n) is 8.01. The molecule has 0 aromatic carbocycles. The van der Waals surface area contributed by atoms with Gasteiger partial charge in [0, 0.05) is 6.42 Å². The monoisotopic (exact) mass is 253 g/mol. The molecule has 0 N–H and O–H groups in total. The van der Waals surface area contributed by atoms with Gasteiger partial charge in [-0.15, -0.1) is 0 Å². The van der Waals surface area contributed by atoms with Crippen LogP contribution in [0.1, 0.15) is 71.6 Å². The third-order valence-corrected chi connectivity index (χ3v) is 4.36. The summed E-state index contributed by atoms with van der Waals surface area (Å²) in [6, 6.07) is 0.735. The van der Waals surface area contributed by atoms with Crippen molar-refractivity contribution in [2.24, 2.45) is 11.0 Å². The topological polar surface area (TPSA) is 12.4 Å². The molecule has 0 aliphatic carbocycles. The minimum Gasteiger partial charge on any atom is -0.200 e. The highest BCUT2D eigenvalue weighted by molar-refractivity contribution is 5.62. The molecule has 0 bridgehead atoms. The largest absolute Gasteiger partial charge is 0.200 e. The smallest absolute Gasteiger partial charge is 0.121 e. The second kappa shape index (κ2) is 7.93. The molecule has 0 saturated heterocycles. The second-order valence-electron chi connectivity index (χ2n) is 6.32. The van der Waals surface area contributed by atoms with Gasteiger partial charge in [-0.05, 0) is 12.8 Å². The predicted octanol–water partition coefficient (Wildman–Crippen LogP) is 4.60. The lowest BCUT2D eigenvalue weighted by atomic mass is 9.90. The van der Waals surface area contributed by atoms with Gasteiger partial charge in [-0.3, -0.25) is 0 Å². The van der Waals surface area contributed by atoms with Crippen molar-refractivity contribution >= 4 is 6.21 Å². The first-order valence-corrected chi connectivity index (χ1v) is 8.01. The quantitative estimate of drug-likeness (QED) is 0.421. The van der Waals surface area contributed by atoms with Gasteiger partial charge in [-0.2, -0.15) is 4.59 Å². The van der Waals surface area contributed by atoms with E-state index in [-0.39, 0.29) is 0 Å². The zero-order valence-electron chi connectivity index (χ0n) is 13.0. The number of nitrogens with zero attached hydrogens (tertiary/aromatic N) is 2. The summed E-state index contributed by atoms with van der Waals surface area (Å²) in [6.45, 7) is 4.57. The zero-order valence-corrected chi connectivity index (χ0v) is 13.0. The maximum atomic E-state index is 4.72. The van der Waals surface area contributed by atoms with E-state index in [9.17, 15) is 0 Å². The molecule has 0 aromatic rings. The van der Waals surface area contributed by atoms with Crippen molar-refractivity contribution in [1.82, 2.24) is 0 Å².